The molecular formula is C19H26N4O2. The number of carbonyl (C=O) groups excluding carboxylic acids is 1. The summed E-state index contributed by atoms with van der Waals surface area (Å²) in [6.45, 7) is 5.80. The highest BCUT2D eigenvalue weighted by atomic mass is 16.5. The third kappa shape index (κ3) is 2.99. The highest BCUT2D eigenvalue weighted by molar-refractivity contribution is 5.75. The highest BCUT2D eigenvalue weighted by Gasteiger charge is 2.59. The Bertz CT molecular complexity index is 737. The number of rotatable bonds is 5. The lowest BCUT2D eigenvalue weighted by molar-refractivity contribution is -0.108. The first kappa shape index (κ1) is 16.4. The Balaban J connectivity index is 1.21. The van der Waals surface area contributed by atoms with Crippen LogP contribution in [0.3, 0.4) is 0 Å². The molecule has 3 N–H and O–H groups in total. The predicted octanol–water partition coefficient (Wildman–Crippen LogP) is 2.61. The number of urea groups is 1. The molecule has 1 aliphatic carbocycles. The highest BCUT2D eigenvalue weighted by Crippen LogP contribution is 2.51. The number of ether oxygens (including phenoxy) is 1. The first-order valence-electron chi connectivity index (χ1n) is 9.15. The zero-order valence-corrected chi connectivity index (χ0v) is 14.8. The quantitative estimate of drug-likeness (QED) is 0.731. The fraction of sp³-hybridized carbons (Fsp3) is 0.579. The maximum absolute atomic E-state index is 12.2. The van der Waals surface area contributed by atoms with Crippen LogP contribution in [0.4, 0.5) is 4.79 Å². The Kier molecular flexibility index (Phi) is 4.15. The van der Waals surface area contributed by atoms with Crippen LogP contribution >= 0.6 is 0 Å². The Labute approximate surface area is 147 Å². The van der Waals surface area contributed by atoms with Gasteiger partial charge in [-0.15, -0.1) is 0 Å². The van der Waals surface area contributed by atoms with Gasteiger partial charge in [-0.2, -0.15) is 0 Å². The molecule has 1 aromatic heterocycles. The maximum Gasteiger partial charge on any atom is 0.315 e. The molecule has 1 aromatic carbocycles. The Hall–Kier alpha value is -2.08. The summed E-state index contributed by atoms with van der Waals surface area (Å²) in [7, 11) is 0. The minimum Gasteiger partial charge on any atom is -0.377 e. The summed E-state index contributed by atoms with van der Waals surface area (Å²) in [5.41, 5.74) is 2.07. The normalized spacial score (nSPS) is 26.9. The number of H-pyrrole nitrogens is 1. The number of benzene rings is 1. The van der Waals surface area contributed by atoms with Gasteiger partial charge in [0.05, 0.1) is 17.1 Å². The second kappa shape index (κ2) is 6.33. The van der Waals surface area contributed by atoms with Gasteiger partial charge >= 0.3 is 6.03 Å². The fourth-order valence-electron chi connectivity index (χ4n) is 4.39. The second-order valence-corrected chi connectivity index (χ2v) is 7.75. The number of hydrogen-bond donors (Lipinski definition) is 3. The smallest absolute Gasteiger partial charge is 0.315 e. The zero-order valence-electron chi connectivity index (χ0n) is 14.8. The molecule has 6 heteroatoms. The van der Waals surface area contributed by atoms with E-state index >= 15 is 0 Å². The van der Waals surface area contributed by atoms with Gasteiger partial charge in [0.1, 0.15) is 5.82 Å². The first-order chi connectivity index (χ1) is 12.1. The van der Waals surface area contributed by atoms with Crippen molar-refractivity contribution in [1.82, 2.24) is 20.6 Å². The number of nitrogens with one attached hydrogen (secondary N) is 3. The number of aryl methyl sites for hydroxylation is 1. The van der Waals surface area contributed by atoms with Gasteiger partial charge in [0.15, 0.2) is 0 Å². The number of aromatic amines is 1. The van der Waals surface area contributed by atoms with Gasteiger partial charge < -0.3 is 20.4 Å². The van der Waals surface area contributed by atoms with Gasteiger partial charge in [0.2, 0.25) is 0 Å². The number of para-hydroxylation sites is 2. The SMILES string of the molecule is CC1(C)[C@H](NC(=O)NCCCc2nc3ccccc3[nH]2)[C@H]2CCO[C@H]21. The molecule has 0 radical (unpaired) electrons. The predicted molar refractivity (Wildman–Crippen MR) is 96.4 cm³/mol. The van der Waals surface area contributed by atoms with E-state index in [1.165, 1.54) is 0 Å². The van der Waals surface area contributed by atoms with E-state index in [2.05, 4.69) is 34.4 Å². The summed E-state index contributed by atoms with van der Waals surface area (Å²) in [5, 5.41) is 6.12. The van der Waals surface area contributed by atoms with Crippen LogP contribution in [0.2, 0.25) is 0 Å². The summed E-state index contributed by atoms with van der Waals surface area (Å²) in [5.74, 6) is 1.44. The fourth-order valence-corrected chi connectivity index (χ4v) is 4.39. The molecule has 4 rings (SSSR count). The number of fused-ring (bicyclic) bond motifs is 2. The number of aromatic nitrogens is 2. The number of hydrogen-bond acceptors (Lipinski definition) is 3. The van der Waals surface area contributed by atoms with E-state index in [4.69, 9.17) is 4.74 Å². The lowest BCUT2D eigenvalue weighted by atomic mass is 9.57. The molecular weight excluding hydrogens is 316 g/mol. The van der Waals surface area contributed by atoms with Crippen LogP contribution in [0.25, 0.3) is 11.0 Å². The van der Waals surface area contributed by atoms with Gasteiger partial charge in [-0.25, -0.2) is 9.78 Å². The van der Waals surface area contributed by atoms with Crippen molar-refractivity contribution in [1.29, 1.82) is 0 Å². The minimum absolute atomic E-state index is 0.0206. The van der Waals surface area contributed by atoms with Crippen molar-refractivity contribution >= 4 is 17.1 Å². The lowest BCUT2D eigenvalue weighted by Crippen LogP contribution is -2.67. The van der Waals surface area contributed by atoms with Crippen molar-refractivity contribution in [3.63, 3.8) is 0 Å². The van der Waals surface area contributed by atoms with Gasteiger partial charge in [-0.3, -0.25) is 0 Å². The molecule has 134 valence electrons. The van der Waals surface area contributed by atoms with Crippen molar-refractivity contribution in [2.75, 3.05) is 13.2 Å². The molecule has 1 saturated heterocycles. The molecule has 2 fully saturated rings. The molecule has 25 heavy (non-hydrogen) atoms. The Morgan fingerprint density at radius 2 is 2.24 bits per heavy atom. The molecule has 1 aliphatic heterocycles. The molecule has 2 aliphatic rings. The van der Waals surface area contributed by atoms with E-state index in [-0.39, 0.29) is 17.5 Å². The van der Waals surface area contributed by atoms with Gasteiger partial charge in [-0.05, 0) is 25.0 Å². The molecule has 1 saturated carbocycles. The van der Waals surface area contributed by atoms with Crippen LogP contribution in [0.15, 0.2) is 24.3 Å². The van der Waals surface area contributed by atoms with Crippen LogP contribution in [0.1, 0.15) is 32.5 Å². The summed E-state index contributed by atoms with van der Waals surface area (Å²) < 4.78 is 5.77. The second-order valence-electron chi connectivity index (χ2n) is 7.75. The van der Waals surface area contributed by atoms with E-state index in [1.807, 2.05) is 24.3 Å². The van der Waals surface area contributed by atoms with Crippen molar-refractivity contribution in [3.05, 3.63) is 30.1 Å². The Morgan fingerprint density at radius 3 is 3.08 bits per heavy atom. The lowest BCUT2D eigenvalue weighted by Gasteiger charge is -2.54. The molecule has 6 nitrogen and oxygen atoms in total. The van der Waals surface area contributed by atoms with Gasteiger partial charge in [0, 0.05) is 36.9 Å². The molecule has 0 bridgehead atoms. The third-order valence-corrected chi connectivity index (χ3v) is 5.70. The number of nitrogens with zero attached hydrogens (tertiary/aromatic N) is 1. The molecule has 3 atom stereocenters. The van der Waals surface area contributed by atoms with Crippen LogP contribution in [-0.2, 0) is 11.2 Å². The van der Waals surface area contributed by atoms with Crippen molar-refractivity contribution in [2.45, 2.75) is 45.3 Å². The molecule has 0 spiro atoms. The molecule has 2 heterocycles. The average molecular weight is 342 g/mol. The zero-order chi connectivity index (χ0) is 17.4. The van der Waals surface area contributed by atoms with E-state index in [1.54, 1.807) is 0 Å². The summed E-state index contributed by atoms with van der Waals surface area (Å²) in [6, 6.07) is 8.14. The van der Waals surface area contributed by atoms with E-state index < -0.39 is 0 Å². The first-order valence-corrected chi connectivity index (χ1v) is 9.15. The number of amides is 2. The van der Waals surface area contributed by atoms with Crippen molar-refractivity contribution in [3.8, 4) is 0 Å². The van der Waals surface area contributed by atoms with Crippen molar-refractivity contribution in [2.24, 2.45) is 11.3 Å². The van der Waals surface area contributed by atoms with Crippen LogP contribution in [-0.4, -0.2) is 41.3 Å². The summed E-state index contributed by atoms with van der Waals surface area (Å²) >= 11 is 0. The van der Waals surface area contributed by atoms with Gasteiger partial charge in [-0.1, -0.05) is 26.0 Å². The summed E-state index contributed by atoms with van der Waals surface area (Å²) in [4.78, 5) is 20.1. The van der Waals surface area contributed by atoms with Crippen LogP contribution in [0, 0.1) is 11.3 Å². The molecule has 2 amide bonds. The van der Waals surface area contributed by atoms with E-state index in [9.17, 15) is 4.79 Å². The summed E-state index contributed by atoms with van der Waals surface area (Å²) in [6.07, 6.45) is 3.02. The van der Waals surface area contributed by atoms with E-state index in [0.717, 1.165) is 42.7 Å². The minimum atomic E-state index is -0.0759. The van der Waals surface area contributed by atoms with Gasteiger partial charge in [0.25, 0.3) is 0 Å². The third-order valence-electron chi connectivity index (χ3n) is 5.70. The van der Waals surface area contributed by atoms with Crippen LogP contribution in [0.5, 0.6) is 0 Å². The topological polar surface area (TPSA) is 79.0 Å². The Morgan fingerprint density at radius 1 is 1.40 bits per heavy atom. The standard InChI is InChI=1S/C19H26N4O2/c1-19(2)16(12-9-11-25-17(12)19)23-18(24)20-10-5-8-15-21-13-6-3-4-7-14(13)22-15/h3-4,6-7,12,16-17H,5,8-11H2,1-2H3,(H,21,22)(H2,20,23,24)/t12-,16-,17-/m1/s1. The van der Waals surface area contributed by atoms with Crippen molar-refractivity contribution < 1.29 is 9.53 Å². The molecule has 0 unspecified atom stereocenters. The maximum atomic E-state index is 12.2. The molecule has 2 aromatic rings. The number of carbonyl (C=O) groups is 1. The monoisotopic (exact) mass is 342 g/mol. The average Bonchev–Trinajstić information content (AvgIpc) is 3.21. The van der Waals surface area contributed by atoms with Crippen LogP contribution < -0.4 is 10.6 Å². The number of imidazole rings is 1. The van der Waals surface area contributed by atoms with E-state index in [0.29, 0.717) is 18.6 Å². The largest absolute Gasteiger partial charge is 0.377 e.